The number of nitrogens with two attached hydrogens (primary N) is 1. The van der Waals surface area contributed by atoms with Crippen molar-refractivity contribution >= 4 is 5.57 Å². The summed E-state index contributed by atoms with van der Waals surface area (Å²) in [5.41, 5.74) is 8.56. The first-order chi connectivity index (χ1) is 7.74. The second-order valence-corrected chi connectivity index (χ2v) is 3.59. The number of nitriles is 1. The van der Waals surface area contributed by atoms with Gasteiger partial charge in [0, 0.05) is 16.8 Å². The molecule has 2 rings (SSSR count). The number of nitrogens with zero attached hydrogens (tertiary/aromatic N) is 1. The maximum Gasteiger partial charge on any atom is 0.127 e. The van der Waals surface area contributed by atoms with Crippen molar-refractivity contribution in [2.24, 2.45) is 5.73 Å². The highest BCUT2D eigenvalue weighted by Gasteiger charge is 2.17. The van der Waals surface area contributed by atoms with Crippen molar-refractivity contribution in [2.45, 2.75) is 6.92 Å². The Labute approximate surface area is 94.4 Å². The van der Waals surface area contributed by atoms with Gasteiger partial charge >= 0.3 is 0 Å². The van der Waals surface area contributed by atoms with Crippen molar-refractivity contribution in [1.29, 1.82) is 5.26 Å². The fraction of sp³-hybridized carbons (Fsp3) is 0.154. The summed E-state index contributed by atoms with van der Waals surface area (Å²) in [5, 5.41) is 9.10. The van der Waals surface area contributed by atoms with Crippen molar-refractivity contribution < 1.29 is 4.74 Å². The van der Waals surface area contributed by atoms with Crippen molar-refractivity contribution in [3.05, 3.63) is 47.2 Å². The molecule has 0 aliphatic carbocycles. The second-order valence-electron chi connectivity index (χ2n) is 3.59. The number of rotatable bonds is 1. The quantitative estimate of drug-likeness (QED) is 0.726. The molecule has 1 aliphatic rings. The molecule has 1 heterocycles. The molecule has 0 radical (unpaired) electrons. The molecule has 0 amide bonds. The Morgan fingerprint density at radius 1 is 1.44 bits per heavy atom. The maximum atomic E-state index is 9.10. The van der Waals surface area contributed by atoms with Gasteiger partial charge in [-0.3, -0.25) is 0 Å². The number of para-hydroxylation sites is 1. The van der Waals surface area contributed by atoms with Gasteiger partial charge in [0.15, 0.2) is 0 Å². The van der Waals surface area contributed by atoms with Crippen LogP contribution in [0.1, 0.15) is 12.5 Å². The summed E-state index contributed by atoms with van der Waals surface area (Å²) >= 11 is 0. The fourth-order valence-electron chi connectivity index (χ4n) is 1.74. The molecule has 0 saturated heterocycles. The molecule has 16 heavy (non-hydrogen) atoms. The number of fused-ring (bicyclic) bond motifs is 1. The minimum Gasteiger partial charge on any atom is -0.489 e. The van der Waals surface area contributed by atoms with E-state index in [0.29, 0.717) is 17.9 Å². The van der Waals surface area contributed by atoms with Crippen molar-refractivity contribution in [1.82, 2.24) is 0 Å². The lowest BCUT2D eigenvalue weighted by molar-refractivity contribution is 0.357. The van der Waals surface area contributed by atoms with Gasteiger partial charge in [-0.2, -0.15) is 5.26 Å². The SMILES string of the molecule is CC(N)=C(C#N)C1=CCOc2ccccc21. The molecule has 3 heteroatoms. The Kier molecular flexibility index (Phi) is 2.65. The number of ether oxygens (including phenoxy) is 1. The van der Waals surface area contributed by atoms with Crippen LogP contribution in [0.5, 0.6) is 5.75 Å². The summed E-state index contributed by atoms with van der Waals surface area (Å²) in [4.78, 5) is 0. The topological polar surface area (TPSA) is 59.0 Å². The molecule has 1 aliphatic heterocycles. The third-order valence-electron chi connectivity index (χ3n) is 2.48. The van der Waals surface area contributed by atoms with E-state index in [-0.39, 0.29) is 0 Å². The summed E-state index contributed by atoms with van der Waals surface area (Å²) in [6.45, 7) is 2.21. The number of hydrogen-bond acceptors (Lipinski definition) is 3. The Morgan fingerprint density at radius 3 is 2.88 bits per heavy atom. The van der Waals surface area contributed by atoms with Crippen LogP contribution in [0.15, 0.2) is 41.6 Å². The molecule has 3 nitrogen and oxygen atoms in total. The smallest absolute Gasteiger partial charge is 0.127 e. The predicted octanol–water partition coefficient (Wildman–Crippen LogP) is 2.22. The van der Waals surface area contributed by atoms with Crippen LogP contribution in [0.3, 0.4) is 0 Å². The van der Waals surface area contributed by atoms with Crippen molar-refractivity contribution in [3.8, 4) is 11.8 Å². The van der Waals surface area contributed by atoms with Gasteiger partial charge in [0.25, 0.3) is 0 Å². The monoisotopic (exact) mass is 212 g/mol. The van der Waals surface area contributed by atoms with Gasteiger partial charge < -0.3 is 10.5 Å². The third kappa shape index (κ3) is 1.66. The van der Waals surface area contributed by atoms with Gasteiger partial charge in [0.1, 0.15) is 18.4 Å². The van der Waals surface area contributed by atoms with Gasteiger partial charge in [-0.1, -0.05) is 18.2 Å². The number of allylic oxidation sites excluding steroid dienone is 3. The molecular formula is C13H12N2O. The van der Waals surface area contributed by atoms with Crippen molar-refractivity contribution in [2.75, 3.05) is 6.61 Å². The van der Waals surface area contributed by atoms with E-state index in [4.69, 9.17) is 15.7 Å². The number of benzene rings is 1. The van der Waals surface area contributed by atoms with Crippen molar-refractivity contribution in [3.63, 3.8) is 0 Å². The highest BCUT2D eigenvalue weighted by Crippen LogP contribution is 2.34. The first kappa shape index (κ1) is 10.3. The second kappa shape index (κ2) is 4.11. The molecule has 0 saturated carbocycles. The predicted molar refractivity (Wildman–Crippen MR) is 62.4 cm³/mol. The van der Waals surface area contributed by atoms with Crippen LogP contribution in [0.2, 0.25) is 0 Å². The molecule has 1 aromatic rings. The third-order valence-corrected chi connectivity index (χ3v) is 2.48. The first-order valence-electron chi connectivity index (χ1n) is 5.03. The van der Waals surface area contributed by atoms with E-state index in [1.54, 1.807) is 6.92 Å². The molecule has 0 atom stereocenters. The zero-order valence-electron chi connectivity index (χ0n) is 9.03. The lowest BCUT2D eigenvalue weighted by Gasteiger charge is -2.18. The van der Waals surface area contributed by atoms with E-state index in [1.165, 1.54) is 0 Å². The zero-order valence-corrected chi connectivity index (χ0v) is 9.03. The summed E-state index contributed by atoms with van der Waals surface area (Å²) < 4.78 is 5.48. The minimum atomic E-state index is 0.477. The van der Waals surface area contributed by atoms with Crippen LogP contribution in [-0.4, -0.2) is 6.61 Å². The number of hydrogen-bond donors (Lipinski definition) is 1. The molecule has 0 unspecified atom stereocenters. The summed E-state index contributed by atoms with van der Waals surface area (Å²) in [6.07, 6.45) is 1.89. The molecule has 0 fully saturated rings. The van der Waals surface area contributed by atoms with E-state index < -0.39 is 0 Å². The highest BCUT2D eigenvalue weighted by atomic mass is 16.5. The Morgan fingerprint density at radius 2 is 2.19 bits per heavy atom. The average Bonchev–Trinajstić information content (AvgIpc) is 2.30. The molecule has 0 bridgehead atoms. The molecule has 1 aromatic carbocycles. The maximum absolute atomic E-state index is 9.10. The Bertz CT molecular complexity index is 517. The highest BCUT2D eigenvalue weighted by molar-refractivity contribution is 5.86. The van der Waals surface area contributed by atoms with E-state index in [1.807, 2.05) is 30.3 Å². The first-order valence-corrected chi connectivity index (χ1v) is 5.03. The van der Waals surface area contributed by atoms with Gasteiger partial charge in [0.05, 0.1) is 5.57 Å². The van der Waals surface area contributed by atoms with Gasteiger partial charge in [-0.25, -0.2) is 0 Å². The molecule has 80 valence electrons. The Balaban J connectivity index is 2.57. The zero-order chi connectivity index (χ0) is 11.5. The van der Waals surface area contributed by atoms with E-state index in [9.17, 15) is 0 Å². The molecular weight excluding hydrogens is 200 g/mol. The summed E-state index contributed by atoms with van der Waals surface area (Å²) in [7, 11) is 0. The van der Waals surface area contributed by atoms with Crippen LogP contribution in [0.4, 0.5) is 0 Å². The van der Waals surface area contributed by atoms with E-state index in [0.717, 1.165) is 16.9 Å². The van der Waals surface area contributed by atoms with Crippen LogP contribution in [-0.2, 0) is 0 Å². The molecule has 2 N–H and O–H groups in total. The minimum absolute atomic E-state index is 0.477. The average molecular weight is 212 g/mol. The van der Waals surface area contributed by atoms with E-state index >= 15 is 0 Å². The summed E-state index contributed by atoms with van der Waals surface area (Å²) in [5.74, 6) is 0.800. The van der Waals surface area contributed by atoms with Crippen LogP contribution < -0.4 is 10.5 Å². The van der Waals surface area contributed by atoms with E-state index in [2.05, 4.69) is 6.07 Å². The van der Waals surface area contributed by atoms with Crippen LogP contribution in [0, 0.1) is 11.3 Å². The van der Waals surface area contributed by atoms with Crippen LogP contribution in [0.25, 0.3) is 5.57 Å². The van der Waals surface area contributed by atoms with Gasteiger partial charge in [0.2, 0.25) is 0 Å². The molecule has 0 aromatic heterocycles. The summed E-state index contributed by atoms with van der Waals surface area (Å²) in [6, 6.07) is 9.79. The lowest BCUT2D eigenvalue weighted by atomic mass is 9.95. The standard InChI is InChI=1S/C13H12N2O/c1-9(15)12(8-14)10-6-7-16-13-5-3-2-4-11(10)13/h2-6H,7,15H2,1H3. The Hall–Kier alpha value is -2.21. The largest absolute Gasteiger partial charge is 0.489 e. The van der Waals surface area contributed by atoms with Gasteiger partial charge in [-0.05, 0) is 19.1 Å². The lowest BCUT2D eigenvalue weighted by Crippen LogP contribution is -2.08. The molecule has 0 spiro atoms. The normalized spacial score (nSPS) is 15.1. The van der Waals surface area contributed by atoms with Crippen LogP contribution >= 0.6 is 0 Å². The van der Waals surface area contributed by atoms with Gasteiger partial charge in [-0.15, -0.1) is 0 Å². The fourth-order valence-corrected chi connectivity index (χ4v) is 1.74.